The molecule has 0 saturated carbocycles. The molecule has 0 radical (unpaired) electrons. The van der Waals surface area contributed by atoms with Gasteiger partial charge in [-0.05, 0) is 31.0 Å². The lowest BCUT2D eigenvalue weighted by molar-refractivity contribution is 0.257. The predicted octanol–water partition coefficient (Wildman–Crippen LogP) is 1.72. The lowest BCUT2D eigenvalue weighted by Crippen LogP contribution is -2.26. The Balaban J connectivity index is 0.000000494. The number of nitrogens with zero attached hydrogens (tertiary/aromatic N) is 2. The summed E-state index contributed by atoms with van der Waals surface area (Å²) in [6, 6.07) is 6.71. The summed E-state index contributed by atoms with van der Waals surface area (Å²) < 4.78 is 0. The summed E-state index contributed by atoms with van der Waals surface area (Å²) >= 11 is 5.74. The summed E-state index contributed by atoms with van der Waals surface area (Å²) in [5.74, 6) is 0.724. The first-order valence-corrected chi connectivity index (χ1v) is 5.34. The van der Waals surface area contributed by atoms with E-state index in [1.807, 2.05) is 31.3 Å². The van der Waals surface area contributed by atoms with E-state index < -0.39 is 6.03 Å². The lowest BCUT2D eigenvalue weighted by Gasteiger charge is -2.07. The van der Waals surface area contributed by atoms with Crippen LogP contribution in [0.15, 0.2) is 34.3 Å². The van der Waals surface area contributed by atoms with Crippen molar-refractivity contribution >= 4 is 36.0 Å². The van der Waals surface area contributed by atoms with E-state index in [0.717, 1.165) is 16.7 Å². The Morgan fingerprint density at radius 2 is 1.89 bits per heavy atom. The molecule has 2 amide bonds. The van der Waals surface area contributed by atoms with Gasteiger partial charge in [0.15, 0.2) is 5.96 Å². The second-order valence-electron chi connectivity index (χ2n) is 2.95. The molecule has 0 fully saturated rings. The molecule has 98 valence electrons. The molecule has 1 aromatic rings. The molecule has 1 aromatic carbocycles. The van der Waals surface area contributed by atoms with Crippen molar-refractivity contribution in [3.05, 3.63) is 29.3 Å². The number of halogens is 1. The van der Waals surface area contributed by atoms with Gasteiger partial charge in [-0.2, -0.15) is 0 Å². The van der Waals surface area contributed by atoms with Gasteiger partial charge in [0, 0.05) is 24.8 Å². The van der Waals surface area contributed by atoms with E-state index in [1.54, 1.807) is 7.05 Å². The molecule has 0 heterocycles. The summed E-state index contributed by atoms with van der Waals surface area (Å²) in [7, 11) is 3.53. The van der Waals surface area contributed by atoms with Crippen LogP contribution in [0.1, 0.15) is 0 Å². The van der Waals surface area contributed by atoms with E-state index in [9.17, 15) is 4.79 Å². The molecule has 6 nitrogen and oxygen atoms in total. The maximum atomic E-state index is 9.36. The highest BCUT2D eigenvalue weighted by Gasteiger charge is 1.94. The number of rotatable bonds is 1. The van der Waals surface area contributed by atoms with Crippen molar-refractivity contribution in [1.29, 1.82) is 0 Å². The maximum absolute atomic E-state index is 9.36. The second-order valence-corrected chi connectivity index (χ2v) is 3.39. The van der Waals surface area contributed by atoms with Gasteiger partial charge in [0.1, 0.15) is 0 Å². The standard InChI is InChI=1S/C9H12ClN3.C2H4N2O/c1-11-9(12-2)13-8-5-3-7(10)4-6-8;1-4-2(3)5/h3-6H,1-2H3,(H2,11,12,13);1H2,(H2,3,5). The number of urea groups is 1. The molecule has 0 aliphatic carbocycles. The quantitative estimate of drug-likeness (QED) is 0.535. The van der Waals surface area contributed by atoms with E-state index in [2.05, 4.69) is 33.1 Å². The van der Waals surface area contributed by atoms with Crippen LogP contribution in [0.25, 0.3) is 0 Å². The molecule has 18 heavy (non-hydrogen) atoms. The molecular formula is C11H16ClN5O. The van der Waals surface area contributed by atoms with Crippen LogP contribution in [0.4, 0.5) is 10.5 Å². The number of hydrogen-bond donors (Lipinski definition) is 3. The summed E-state index contributed by atoms with van der Waals surface area (Å²) in [6.07, 6.45) is 0. The number of hydrogen-bond acceptors (Lipinski definition) is 2. The normalized spacial score (nSPS) is 9.83. The number of nitrogens with one attached hydrogen (secondary N) is 2. The van der Waals surface area contributed by atoms with Crippen molar-refractivity contribution < 1.29 is 4.79 Å². The fourth-order valence-corrected chi connectivity index (χ4v) is 1.03. The van der Waals surface area contributed by atoms with E-state index in [4.69, 9.17) is 11.6 Å². The van der Waals surface area contributed by atoms with E-state index in [1.165, 1.54) is 0 Å². The average Bonchev–Trinajstić information content (AvgIpc) is 2.38. The molecule has 0 atom stereocenters. The van der Waals surface area contributed by atoms with Gasteiger partial charge < -0.3 is 16.4 Å². The Labute approximate surface area is 111 Å². The van der Waals surface area contributed by atoms with E-state index >= 15 is 0 Å². The topological polar surface area (TPSA) is 91.9 Å². The van der Waals surface area contributed by atoms with Gasteiger partial charge >= 0.3 is 6.03 Å². The largest absolute Gasteiger partial charge is 0.359 e. The number of nitrogens with two attached hydrogens (primary N) is 1. The number of guanidine groups is 1. The number of aliphatic imine (C=N–C) groups is 2. The molecule has 0 saturated heterocycles. The van der Waals surface area contributed by atoms with Crippen LogP contribution < -0.4 is 16.4 Å². The van der Waals surface area contributed by atoms with Crippen LogP contribution in [0.5, 0.6) is 0 Å². The molecule has 0 bridgehead atoms. The second kappa shape index (κ2) is 9.00. The smallest absolute Gasteiger partial charge is 0.337 e. The van der Waals surface area contributed by atoms with Gasteiger partial charge in [0.05, 0.1) is 0 Å². The van der Waals surface area contributed by atoms with Crippen molar-refractivity contribution in [2.75, 3.05) is 19.4 Å². The van der Waals surface area contributed by atoms with E-state index in [0.29, 0.717) is 0 Å². The maximum Gasteiger partial charge on any atom is 0.337 e. The Hall–Kier alpha value is -2.08. The third kappa shape index (κ3) is 7.24. The minimum atomic E-state index is -0.731. The minimum Gasteiger partial charge on any atom is -0.359 e. The van der Waals surface area contributed by atoms with Crippen molar-refractivity contribution in [3.63, 3.8) is 0 Å². The number of benzene rings is 1. The fourth-order valence-electron chi connectivity index (χ4n) is 0.900. The van der Waals surface area contributed by atoms with Crippen LogP contribution >= 0.6 is 11.6 Å². The molecule has 0 aromatic heterocycles. The number of carbonyl (C=O) groups excluding carboxylic acids is 1. The Morgan fingerprint density at radius 1 is 1.39 bits per heavy atom. The van der Waals surface area contributed by atoms with Gasteiger partial charge in [0.2, 0.25) is 0 Å². The summed E-state index contributed by atoms with van der Waals surface area (Å²) in [5, 5.41) is 6.73. The van der Waals surface area contributed by atoms with Crippen LogP contribution in [0, 0.1) is 0 Å². The first-order valence-electron chi connectivity index (χ1n) is 4.96. The van der Waals surface area contributed by atoms with Crippen LogP contribution in [0.3, 0.4) is 0 Å². The highest BCUT2D eigenvalue weighted by atomic mass is 35.5. The van der Waals surface area contributed by atoms with Crippen LogP contribution in [0.2, 0.25) is 5.02 Å². The third-order valence-corrected chi connectivity index (χ3v) is 1.98. The first-order chi connectivity index (χ1) is 8.53. The molecule has 0 spiro atoms. The molecular weight excluding hydrogens is 254 g/mol. The minimum absolute atomic E-state index is 0.724. The predicted molar refractivity (Wildman–Crippen MR) is 76.6 cm³/mol. The molecule has 0 aliphatic heterocycles. The molecule has 0 unspecified atom stereocenters. The van der Waals surface area contributed by atoms with E-state index in [-0.39, 0.29) is 0 Å². The third-order valence-electron chi connectivity index (χ3n) is 1.72. The molecule has 0 aliphatic rings. The van der Waals surface area contributed by atoms with Crippen LogP contribution in [-0.2, 0) is 0 Å². The summed E-state index contributed by atoms with van der Waals surface area (Å²) in [4.78, 5) is 16.1. The summed E-state index contributed by atoms with van der Waals surface area (Å²) in [6.45, 7) is 2.84. The number of amides is 2. The molecule has 7 heteroatoms. The monoisotopic (exact) mass is 269 g/mol. The number of primary amides is 1. The molecule has 1 rings (SSSR count). The molecule has 4 N–H and O–H groups in total. The van der Waals surface area contributed by atoms with Crippen LogP contribution in [-0.4, -0.2) is 32.8 Å². The zero-order chi connectivity index (χ0) is 14.0. The lowest BCUT2D eigenvalue weighted by atomic mass is 10.3. The van der Waals surface area contributed by atoms with Crippen molar-refractivity contribution in [1.82, 2.24) is 5.32 Å². The Morgan fingerprint density at radius 3 is 2.22 bits per heavy atom. The van der Waals surface area contributed by atoms with Gasteiger partial charge in [-0.3, -0.25) is 4.99 Å². The Bertz CT molecular complexity index is 416. The van der Waals surface area contributed by atoms with Gasteiger partial charge in [-0.15, -0.1) is 0 Å². The van der Waals surface area contributed by atoms with Crippen molar-refractivity contribution in [2.24, 2.45) is 15.7 Å². The SMILES string of the molecule is C=NC(N)=O.CN=C(NC)Nc1ccc(Cl)cc1. The van der Waals surface area contributed by atoms with Crippen molar-refractivity contribution in [3.8, 4) is 0 Å². The number of carbonyl (C=O) groups is 1. The van der Waals surface area contributed by atoms with Gasteiger partial charge in [-0.25, -0.2) is 9.79 Å². The van der Waals surface area contributed by atoms with Crippen molar-refractivity contribution in [2.45, 2.75) is 0 Å². The fraction of sp³-hybridized carbons (Fsp3) is 0.182. The Kier molecular flexibility index (Phi) is 7.96. The zero-order valence-corrected chi connectivity index (χ0v) is 11.0. The highest BCUT2D eigenvalue weighted by Crippen LogP contribution is 2.12. The first kappa shape index (κ1) is 15.9. The number of anilines is 1. The zero-order valence-electron chi connectivity index (χ0n) is 10.3. The average molecular weight is 270 g/mol. The van der Waals surface area contributed by atoms with Gasteiger partial charge in [-0.1, -0.05) is 11.6 Å². The summed E-state index contributed by atoms with van der Waals surface area (Å²) in [5.41, 5.74) is 5.38. The van der Waals surface area contributed by atoms with Gasteiger partial charge in [0.25, 0.3) is 0 Å². The highest BCUT2D eigenvalue weighted by molar-refractivity contribution is 6.30.